The molecule has 0 spiro atoms. The lowest BCUT2D eigenvalue weighted by molar-refractivity contribution is -0.137. The van der Waals surface area contributed by atoms with Crippen LogP contribution in [0.1, 0.15) is 51.2 Å². The van der Waals surface area contributed by atoms with Crippen molar-refractivity contribution in [3.63, 3.8) is 0 Å². The third-order valence-corrected chi connectivity index (χ3v) is 3.14. The summed E-state index contributed by atoms with van der Waals surface area (Å²) in [6, 6.07) is 8.68. The smallest absolute Gasteiger partial charge is 0.303 e. The van der Waals surface area contributed by atoms with Gasteiger partial charge in [-0.15, -0.1) is 0 Å². The number of benzene rings is 1. The van der Waals surface area contributed by atoms with Crippen LogP contribution in [0.5, 0.6) is 0 Å². The monoisotopic (exact) mass is 263 g/mol. The van der Waals surface area contributed by atoms with Gasteiger partial charge in [-0.3, -0.25) is 4.79 Å². The molecule has 0 aliphatic carbocycles. The normalized spacial score (nSPS) is 11.5. The van der Waals surface area contributed by atoms with Gasteiger partial charge in [-0.2, -0.15) is 0 Å². The number of hydrogen-bond acceptors (Lipinski definition) is 2. The maximum Gasteiger partial charge on any atom is 0.303 e. The second-order valence-electron chi connectivity index (χ2n) is 5.97. The minimum absolute atomic E-state index is 0.197. The molecule has 0 unspecified atom stereocenters. The van der Waals surface area contributed by atoms with Crippen molar-refractivity contribution in [2.45, 2.75) is 52.0 Å². The number of nitrogens with one attached hydrogen (secondary N) is 1. The highest BCUT2D eigenvalue weighted by Gasteiger charge is 2.12. The van der Waals surface area contributed by atoms with Crippen LogP contribution in [0.4, 0.5) is 0 Å². The Hall–Kier alpha value is -1.35. The fourth-order valence-corrected chi connectivity index (χ4v) is 1.88. The first-order valence-electron chi connectivity index (χ1n) is 6.91. The van der Waals surface area contributed by atoms with E-state index in [0.717, 1.165) is 25.9 Å². The van der Waals surface area contributed by atoms with E-state index in [4.69, 9.17) is 5.11 Å². The largest absolute Gasteiger partial charge is 0.481 e. The van der Waals surface area contributed by atoms with Crippen LogP contribution in [-0.4, -0.2) is 17.6 Å². The molecule has 0 saturated carbocycles. The molecule has 0 amide bonds. The molecule has 3 heteroatoms. The van der Waals surface area contributed by atoms with Gasteiger partial charge in [-0.25, -0.2) is 0 Å². The van der Waals surface area contributed by atoms with E-state index < -0.39 is 5.97 Å². The van der Waals surface area contributed by atoms with E-state index in [9.17, 15) is 4.79 Å². The fraction of sp³-hybridized carbons (Fsp3) is 0.562. The molecule has 1 aromatic rings. The minimum atomic E-state index is -0.710. The first-order valence-corrected chi connectivity index (χ1v) is 6.91. The molecule has 0 bridgehead atoms. The zero-order chi connectivity index (χ0) is 14.3. The Labute approximate surface area is 116 Å². The lowest BCUT2D eigenvalue weighted by Gasteiger charge is -2.19. The van der Waals surface area contributed by atoms with Gasteiger partial charge in [0, 0.05) is 13.0 Å². The summed E-state index contributed by atoms with van der Waals surface area (Å²) in [5.41, 5.74) is 2.81. The summed E-state index contributed by atoms with van der Waals surface area (Å²) in [6.07, 6.45) is 1.92. The minimum Gasteiger partial charge on any atom is -0.481 e. The van der Waals surface area contributed by atoms with Crippen molar-refractivity contribution < 1.29 is 9.90 Å². The lowest BCUT2D eigenvalue weighted by Crippen LogP contribution is -2.15. The summed E-state index contributed by atoms with van der Waals surface area (Å²) in [7, 11) is 0. The SMILES string of the molecule is CC(C)(C)c1ccc(CNCCCCC(=O)O)cc1. The van der Waals surface area contributed by atoms with Crippen molar-refractivity contribution in [3.05, 3.63) is 35.4 Å². The summed E-state index contributed by atoms with van der Waals surface area (Å²) >= 11 is 0. The van der Waals surface area contributed by atoms with Crippen LogP contribution in [0.2, 0.25) is 0 Å². The number of unbranched alkanes of at least 4 members (excludes halogenated alkanes) is 1. The van der Waals surface area contributed by atoms with E-state index in [1.807, 2.05) is 0 Å². The maximum absolute atomic E-state index is 10.3. The summed E-state index contributed by atoms with van der Waals surface area (Å²) in [4.78, 5) is 10.3. The van der Waals surface area contributed by atoms with Gasteiger partial charge < -0.3 is 10.4 Å². The number of carbonyl (C=O) groups is 1. The Morgan fingerprint density at radius 3 is 2.32 bits per heavy atom. The van der Waals surface area contributed by atoms with Crippen LogP contribution in [0.15, 0.2) is 24.3 Å². The zero-order valence-corrected chi connectivity index (χ0v) is 12.2. The molecule has 2 N–H and O–H groups in total. The van der Waals surface area contributed by atoms with Gasteiger partial charge in [0.15, 0.2) is 0 Å². The topological polar surface area (TPSA) is 49.3 Å². The van der Waals surface area contributed by atoms with Gasteiger partial charge in [0.25, 0.3) is 0 Å². The fourth-order valence-electron chi connectivity index (χ4n) is 1.88. The van der Waals surface area contributed by atoms with E-state index in [1.54, 1.807) is 0 Å². The highest BCUT2D eigenvalue weighted by Crippen LogP contribution is 2.22. The van der Waals surface area contributed by atoms with Crippen LogP contribution >= 0.6 is 0 Å². The highest BCUT2D eigenvalue weighted by molar-refractivity contribution is 5.66. The van der Waals surface area contributed by atoms with Crippen molar-refractivity contribution in [1.82, 2.24) is 5.32 Å². The van der Waals surface area contributed by atoms with Crippen molar-refractivity contribution in [2.75, 3.05) is 6.54 Å². The Bertz CT molecular complexity index is 390. The van der Waals surface area contributed by atoms with Gasteiger partial charge in [-0.05, 0) is 35.9 Å². The third-order valence-electron chi connectivity index (χ3n) is 3.14. The quantitative estimate of drug-likeness (QED) is 0.742. The molecule has 0 fully saturated rings. The second kappa shape index (κ2) is 7.29. The predicted molar refractivity (Wildman–Crippen MR) is 78.3 cm³/mol. The molecule has 1 rings (SSSR count). The van der Waals surface area contributed by atoms with E-state index in [0.29, 0.717) is 0 Å². The molecule has 3 nitrogen and oxygen atoms in total. The Morgan fingerprint density at radius 1 is 1.16 bits per heavy atom. The number of hydrogen-bond donors (Lipinski definition) is 2. The first kappa shape index (κ1) is 15.7. The molecule has 1 aromatic carbocycles. The van der Waals surface area contributed by atoms with E-state index in [-0.39, 0.29) is 11.8 Å². The number of aliphatic carboxylic acids is 1. The Balaban J connectivity index is 2.25. The zero-order valence-electron chi connectivity index (χ0n) is 12.2. The van der Waals surface area contributed by atoms with E-state index in [1.165, 1.54) is 11.1 Å². The van der Waals surface area contributed by atoms with Crippen LogP contribution < -0.4 is 5.32 Å². The van der Waals surface area contributed by atoms with Gasteiger partial charge in [0.1, 0.15) is 0 Å². The predicted octanol–water partition coefficient (Wildman–Crippen LogP) is 3.33. The molecular weight excluding hydrogens is 238 g/mol. The molecule has 0 aliphatic rings. The van der Waals surface area contributed by atoms with Gasteiger partial charge in [0.2, 0.25) is 0 Å². The summed E-state index contributed by atoms with van der Waals surface area (Å²) < 4.78 is 0. The number of carboxylic acid groups (broad SMARTS) is 1. The van der Waals surface area contributed by atoms with Gasteiger partial charge in [-0.1, -0.05) is 45.0 Å². The first-order chi connectivity index (χ1) is 8.89. The Kier molecular flexibility index (Phi) is 6.03. The number of carboxylic acids is 1. The standard InChI is InChI=1S/C16H25NO2/c1-16(2,3)14-9-7-13(8-10-14)12-17-11-5-4-6-15(18)19/h7-10,17H,4-6,11-12H2,1-3H3,(H,18,19). The molecule has 0 saturated heterocycles. The van der Waals surface area contributed by atoms with Gasteiger partial charge in [0.05, 0.1) is 0 Å². The lowest BCUT2D eigenvalue weighted by atomic mass is 9.87. The molecule has 0 radical (unpaired) electrons. The Morgan fingerprint density at radius 2 is 1.79 bits per heavy atom. The maximum atomic E-state index is 10.3. The summed E-state index contributed by atoms with van der Waals surface area (Å²) in [6.45, 7) is 8.35. The second-order valence-corrected chi connectivity index (χ2v) is 5.97. The van der Waals surface area contributed by atoms with Crippen molar-refractivity contribution in [3.8, 4) is 0 Å². The average molecular weight is 263 g/mol. The van der Waals surface area contributed by atoms with Crippen LogP contribution in [0.3, 0.4) is 0 Å². The molecule has 106 valence electrons. The van der Waals surface area contributed by atoms with Crippen LogP contribution in [0.25, 0.3) is 0 Å². The van der Waals surface area contributed by atoms with Crippen molar-refractivity contribution in [1.29, 1.82) is 0 Å². The number of rotatable bonds is 7. The molecule has 0 aromatic heterocycles. The van der Waals surface area contributed by atoms with Gasteiger partial charge >= 0.3 is 5.97 Å². The molecule has 0 heterocycles. The van der Waals surface area contributed by atoms with Crippen LogP contribution in [0, 0.1) is 0 Å². The third kappa shape index (κ3) is 6.39. The summed E-state index contributed by atoms with van der Waals surface area (Å²) in [5.74, 6) is -0.710. The molecular formula is C16H25NO2. The van der Waals surface area contributed by atoms with Crippen molar-refractivity contribution >= 4 is 5.97 Å². The van der Waals surface area contributed by atoms with Crippen molar-refractivity contribution in [2.24, 2.45) is 0 Å². The van der Waals surface area contributed by atoms with Crippen LogP contribution in [-0.2, 0) is 16.8 Å². The highest BCUT2D eigenvalue weighted by atomic mass is 16.4. The summed E-state index contributed by atoms with van der Waals surface area (Å²) in [5, 5.41) is 11.9. The average Bonchev–Trinajstić information content (AvgIpc) is 2.32. The molecule has 19 heavy (non-hydrogen) atoms. The van der Waals surface area contributed by atoms with E-state index in [2.05, 4.69) is 50.4 Å². The molecule has 0 aliphatic heterocycles. The van der Waals surface area contributed by atoms with E-state index >= 15 is 0 Å². The molecule has 0 atom stereocenters.